The van der Waals surface area contributed by atoms with Crippen molar-refractivity contribution in [2.45, 2.75) is 61.3 Å². The van der Waals surface area contributed by atoms with E-state index >= 15 is 0 Å². The van der Waals surface area contributed by atoms with Crippen molar-refractivity contribution in [3.63, 3.8) is 0 Å². The summed E-state index contributed by atoms with van der Waals surface area (Å²) in [7, 11) is 0. The predicted molar refractivity (Wildman–Crippen MR) is 95.3 cm³/mol. The zero-order valence-corrected chi connectivity index (χ0v) is 15.3. The van der Waals surface area contributed by atoms with E-state index in [4.69, 9.17) is 0 Å². The van der Waals surface area contributed by atoms with Gasteiger partial charge in [0, 0.05) is 17.8 Å². The third-order valence-electron chi connectivity index (χ3n) is 6.40. The van der Waals surface area contributed by atoms with Gasteiger partial charge in [-0.25, -0.2) is 0 Å². The van der Waals surface area contributed by atoms with Crippen LogP contribution in [-0.2, 0) is 0 Å². The van der Waals surface area contributed by atoms with Gasteiger partial charge in [-0.2, -0.15) is 0 Å². The van der Waals surface area contributed by atoms with Crippen LogP contribution in [0.1, 0.15) is 67.0 Å². The number of benzene rings is 1. The Labute approximate surface area is 137 Å². The lowest BCUT2D eigenvalue weighted by molar-refractivity contribution is 0.700. The number of hydrogen-bond donors (Lipinski definition) is 0. The summed E-state index contributed by atoms with van der Waals surface area (Å²) in [5, 5.41) is 0. The molecule has 0 bridgehead atoms. The highest BCUT2D eigenvalue weighted by atomic mass is 14.5. The van der Waals surface area contributed by atoms with Crippen molar-refractivity contribution in [2.24, 2.45) is 0 Å². The van der Waals surface area contributed by atoms with Gasteiger partial charge in [-0.3, -0.25) is 0 Å². The van der Waals surface area contributed by atoms with Crippen LogP contribution in [0.5, 0.6) is 0 Å². The third kappa shape index (κ3) is 1.76. The summed E-state index contributed by atoms with van der Waals surface area (Å²) in [6.45, 7) is 22.7. The number of allylic oxidation sites excluding steroid dienone is 1. The molecule has 5 radical (unpaired) electrons. The fourth-order valence-corrected chi connectivity index (χ4v) is 4.42. The van der Waals surface area contributed by atoms with E-state index in [2.05, 4.69) is 62.0 Å². The van der Waals surface area contributed by atoms with Crippen LogP contribution in [0, 0.1) is 57.3 Å². The SMILES string of the molecule is C=C1[C](C)[C](C)[C](C)[C]2[C]1c1c(C)c(C)c(C)c(C)c1C2C. The van der Waals surface area contributed by atoms with E-state index < -0.39 is 0 Å². The molecule has 0 nitrogen and oxygen atoms in total. The molecule has 1 unspecified atom stereocenters. The molecule has 0 aromatic heterocycles. The molecular formula is C22H27. The monoisotopic (exact) mass is 291 g/mol. The van der Waals surface area contributed by atoms with Gasteiger partial charge in [0.2, 0.25) is 0 Å². The second-order valence-corrected chi connectivity index (χ2v) is 7.15. The Bertz CT molecular complexity index is 649. The van der Waals surface area contributed by atoms with Crippen molar-refractivity contribution in [3.05, 3.63) is 75.1 Å². The molecule has 22 heavy (non-hydrogen) atoms. The van der Waals surface area contributed by atoms with Gasteiger partial charge in [-0.05, 0) is 78.8 Å². The van der Waals surface area contributed by atoms with Gasteiger partial charge < -0.3 is 0 Å². The van der Waals surface area contributed by atoms with Crippen LogP contribution >= 0.6 is 0 Å². The molecule has 2 aliphatic rings. The third-order valence-corrected chi connectivity index (χ3v) is 6.40. The van der Waals surface area contributed by atoms with E-state index in [-0.39, 0.29) is 0 Å². The van der Waals surface area contributed by atoms with Crippen LogP contribution in [0.2, 0.25) is 0 Å². The molecule has 0 saturated heterocycles. The van der Waals surface area contributed by atoms with Crippen molar-refractivity contribution >= 4 is 0 Å². The molecule has 0 spiro atoms. The molecule has 1 saturated carbocycles. The lowest BCUT2D eigenvalue weighted by Crippen LogP contribution is -2.32. The number of rotatable bonds is 0. The lowest BCUT2D eigenvalue weighted by Gasteiger charge is -2.42. The normalized spacial score (nSPS) is 24.9. The standard InChI is InChI=1S/C22H27/c1-10-12(3)16(7)21-19(14(10)5)18(9)20-15(6)11(2)13(4)17(8)22(20)21/h18H,7H2,1-6,8-9H3. The average molecular weight is 291 g/mol. The molecular weight excluding hydrogens is 264 g/mol. The zero-order chi connectivity index (χ0) is 16.5. The molecule has 0 aliphatic heterocycles. The molecule has 1 aromatic carbocycles. The van der Waals surface area contributed by atoms with E-state index in [0.717, 1.165) is 0 Å². The highest BCUT2D eigenvalue weighted by Gasteiger charge is 2.52. The second kappa shape index (κ2) is 4.98. The van der Waals surface area contributed by atoms with Crippen LogP contribution in [0.15, 0.2) is 12.2 Å². The first kappa shape index (κ1) is 15.8. The van der Waals surface area contributed by atoms with Gasteiger partial charge in [-0.15, -0.1) is 0 Å². The molecule has 115 valence electrons. The maximum absolute atomic E-state index is 4.45. The summed E-state index contributed by atoms with van der Waals surface area (Å²) in [5.74, 6) is 7.63. The van der Waals surface area contributed by atoms with Gasteiger partial charge in [0.1, 0.15) is 0 Å². The van der Waals surface area contributed by atoms with E-state index in [0.29, 0.717) is 5.92 Å². The minimum atomic E-state index is 0.475. The molecule has 2 aliphatic carbocycles. The Hall–Kier alpha value is -1.04. The maximum Gasteiger partial charge on any atom is 0.0384 e. The van der Waals surface area contributed by atoms with Crippen molar-refractivity contribution in [1.82, 2.24) is 0 Å². The Balaban J connectivity index is 2.29. The summed E-state index contributed by atoms with van der Waals surface area (Å²) in [5.41, 5.74) is 10.0. The molecule has 1 atom stereocenters. The average Bonchev–Trinajstić information content (AvgIpc) is 2.80. The zero-order valence-electron chi connectivity index (χ0n) is 15.3. The summed E-state index contributed by atoms with van der Waals surface area (Å²) in [6.07, 6.45) is 0. The van der Waals surface area contributed by atoms with Gasteiger partial charge in [0.05, 0.1) is 0 Å². The second-order valence-electron chi connectivity index (χ2n) is 7.15. The first-order valence-corrected chi connectivity index (χ1v) is 8.26. The van der Waals surface area contributed by atoms with E-state index in [1.54, 1.807) is 0 Å². The van der Waals surface area contributed by atoms with Crippen LogP contribution in [0.3, 0.4) is 0 Å². The molecule has 0 amide bonds. The number of hydrogen-bond acceptors (Lipinski definition) is 0. The van der Waals surface area contributed by atoms with Crippen LogP contribution < -0.4 is 0 Å². The molecule has 0 heterocycles. The smallest absolute Gasteiger partial charge is 0.0384 e. The molecule has 1 aromatic rings. The summed E-state index contributed by atoms with van der Waals surface area (Å²) < 4.78 is 0. The minimum absolute atomic E-state index is 0.475. The Morgan fingerprint density at radius 3 is 1.82 bits per heavy atom. The molecule has 0 N–H and O–H groups in total. The largest absolute Gasteiger partial charge is 0.0983 e. The minimum Gasteiger partial charge on any atom is -0.0983 e. The topological polar surface area (TPSA) is 0 Å². The predicted octanol–water partition coefficient (Wildman–Crippen LogP) is 5.89. The Kier molecular flexibility index (Phi) is 3.59. The van der Waals surface area contributed by atoms with Crippen molar-refractivity contribution in [1.29, 1.82) is 0 Å². The molecule has 3 rings (SSSR count). The van der Waals surface area contributed by atoms with Crippen molar-refractivity contribution < 1.29 is 0 Å². The van der Waals surface area contributed by atoms with Gasteiger partial charge >= 0.3 is 0 Å². The molecule has 0 heteroatoms. The van der Waals surface area contributed by atoms with Crippen molar-refractivity contribution in [2.75, 3.05) is 0 Å². The fourth-order valence-electron chi connectivity index (χ4n) is 4.42. The van der Waals surface area contributed by atoms with Gasteiger partial charge in [0.25, 0.3) is 0 Å². The summed E-state index contributed by atoms with van der Waals surface area (Å²) in [4.78, 5) is 0. The van der Waals surface area contributed by atoms with Crippen LogP contribution in [-0.4, -0.2) is 0 Å². The fraction of sp³-hybridized carbons (Fsp3) is 0.409. The maximum atomic E-state index is 4.45. The first-order valence-electron chi connectivity index (χ1n) is 8.26. The first-order chi connectivity index (χ1) is 10.2. The number of fused-ring (bicyclic) bond motifs is 3. The highest BCUT2D eigenvalue weighted by molar-refractivity contribution is 5.79. The quantitative estimate of drug-likeness (QED) is 0.559. The summed E-state index contributed by atoms with van der Waals surface area (Å²) in [6, 6.07) is 0. The van der Waals surface area contributed by atoms with E-state index in [1.807, 2.05) is 0 Å². The van der Waals surface area contributed by atoms with Gasteiger partial charge in [-0.1, -0.05) is 39.8 Å². The molecule has 1 fully saturated rings. The van der Waals surface area contributed by atoms with Crippen molar-refractivity contribution in [3.8, 4) is 0 Å². The summed E-state index contributed by atoms with van der Waals surface area (Å²) >= 11 is 0. The van der Waals surface area contributed by atoms with E-state index in [9.17, 15) is 0 Å². The Morgan fingerprint density at radius 2 is 1.23 bits per heavy atom. The van der Waals surface area contributed by atoms with E-state index in [1.165, 1.54) is 68.5 Å². The van der Waals surface area contributed by atoms with Gasteiger partial charge in [0.15, 0.2) is 0 Å². The van der Waals surface area contributed by atoms with Crippen LogP contribution in [0.25, 0.3) is 0 Å². The lowest BCUT2D eigenvalue weighted by atomic mass is 9.60. The highest BCUT2D eigenvalue weighted by Crippen LogP contribution is 2.63. The van der Waals surface area contributed by atoms with Crippen LogP contribution in [0.4, 0.5) is 0 Å². The Morgan fingerprint density at radius 1 is 0.682 bits per heavy atom.